The highest BCUT2D eigenvalue weighted by molar-refractivity contribution is 9.10. The van der Waals surface area contributed by atoms with E-state index in [9.17, 15) is 4.79 Å². The minimum atomic E-state index is -0.408. The highest BCUT2D eigenvalue weighted by Gasteiger charge is 2.26. The Morgan fingerprint density at radius 3 is 2.31 bits per heavy atom. The van der Waals surface area contributed by atoms with E-state index in [2.05, 4.69) is 111 Å². The average molecular weight is 598 g/mol. The van der Waals surface area contributed by atoms with Gasteiger partial charge in [0.1, 0.15) is 0 Å². The molecule has 1 N–H and O–H groups in total. The van der Waals surface area contributed by atoms with Crippen LogP contribution in [0.1, 0.15) is 44.5 Å². The number of thioether (sulfide) groups is 1. The normalized spacial score (nSPS) is 11.8. The van der Waals surface area contributed by atoms with Gasteiger partial charge in [-0.2, -0.15) is 0 Å². The molecule has 5 rings (SSSR count). The second-order valence-corrected chi connectivity index (χ2v) is 11.3. The molecular weight excluding hydrogens is 568 g/mol. The van der Waals surface area contributed by atoms with Crippen LogP contribution in [-0.4, -0.2) is 20.7 Å². The summed E-state index contributed by atoms with van der Waals surface area (Å²) in [5, 5.41) is 13.3. The van der Waals surface area contributed by atoms with Gasteiger partial charge in [-0.1, -0.05) is 102 Å². The average Bonchev–Trinajstić information content (AvgIpc) is 3.37. The van der Waals surface area contributed by atoms with Crippen LogP contribution in [0.25, 0.3) is 5.69 Å². The van der Waals surface area contributed by atoms with Crippen molar-refractivity contribution >= 4 is 33.6 Å². The molecule has 7 heteroatoms. The molecule has 0 spiro atoms. The minimum Gasteiger partial charge on any atom is -0.342 e. The SMILES string of the molecule is Cc1ccc(-n2c(SCc3cccc(C)c3)nnc2C(Cc2ccccc2)NC(=O)c2ccccc2Br)cc1. The first-order chi connectivity index (χ1) is 19.0. The summed E-state index contributed by atoms with van der Waals surface area (Å²) >= 11 is 5.16. The van der Waals surface area contributed by atoms with Crippen molar-refractivity contribution in [2.45, 2.75) is 37.2 Å². The number of nitrogens with one attached hydrogen (secondary N) is 1. The lowest BCUT2D eigenvalue weighted by molar-refractivity contribution is 0.0933. The van der Waals surface area contributed by atoms with Gasteiger partial charge in [-0.3, -0.25) is 9.36 Å². The van der Waals surface area contributed by atoms with Gasteiger partial charge in [0.25, 0.3) is 5.91 Å². The molecule has 0 saturated carbocycles. The van der Waals surface area contributed by atoms with Crippen LogP contribution in [0.4, 0.5) is 0 Å². The van der Waals surface area contributed by atoms with Gasteiger partial charge >= 0.3 is 0 Å². The number of aromatic nitrogens is 3. The van der Waals surface area contributed by atoms with Crippen LogP contribution in [0.5, 0.6) is 0 Å². The molecule has 1 heterocycles. The molecule has 1 unspecified atom stereocenters. The van der Waals surface area contributed by atoms with E-state index in [0.29, 0.717) is 17.8 Å². The van der Waals surface area contributed by atoms with Crippen LogP contribution in [-0.2, 0) is 12.2 Å². The molecule has 39 heavy (non-hydrogen) atoms. The highest BCUT2D eigenvalue weighted by Crippen LogP contribution is 2.30. The molecule has 1 amide bonds. The summed E-state index contributed by atoms with van der Waals surface area (Å²) in [6, 6.07) is 34.0. The summed E-state index contributed by atoms with van der Waals surface area (Å²) in [6.07, 6.45) is 0.573. The van der Waals surface area contributed by atoms with E-state index in [1.807, 2.05) is 42.5 Å². The van der Waals surface area contributed by atoms with Gasteiger partial charge < -0.3 is 5.32 Å². The smallest absolute Gasteiger partial charge is 0.253 e. The Kier molecular flexibility index (Phi) is 8.59. The fourth-order valence-corrected chi connectivity index (χ4v) is 5.79. The standard InChI is InChI=1S/C32H29BrN4OS/c1-22-15-17-26(18-16-22)37-30(35-36-32(37)39-21-25-12-8-9-23(2)19-25)29(20-24-10-4-3-5-11-24)34-31(38)27-13-6-7-14-28(27)33/h3-19,29H,20-21H2,1-2H3,(H,34,38). The first-order valence-electron chi connectivity index (χ1n) is 12.8. The quantitative estimate of drug-likeness (QED) is 0.177. The lowest BCUT2D eigenvalue weighted by Crippen LogP contribution is -2.32. The molecule has 0 aliphatic rings. The van der Waals surface area contributed by atoms with Crippen LogP contribution in [0.15, 0.2) is 113 Å². The number of rotatable bonds is 9. The molecule has 0 aliphatic heterocycles. The van der Waals surface area contributed by atoms with Crippen LogP contribution in [0.2, 0.25) is 0 Å². The summed E-state index contributed by atoms with van der Waals surface area (Å²) in [5.41, 5.74) is 6.26. The Morgan fingerprint density at radius 2 is 1.56 bits per heavy atom. The molecule has 5 aromatic rings. The number of carbonyl (C=O) groups excluding carboxylic acids is 1. The van der Waals surface area contributed by atoms with Crippen molar-refractivity contribution in [3.63, 3.8) is 0 Å². The number of hydrogen-bond donors (Lipinski definition) is 1. The molecule has 5 nitrogen and oxygen atoms in total. The number of amides is 1. The Balaban J connectivity index is 1.55. The van der Waals surface area contributed by atoms with Gasteiger partial charge in [0.05, 0.1) is 11.6 Å². The zero-order valence-electron chi connectivity index (χ0n) is 21.8. The van der Waals surface area contributed by atoms with Crippen LogP contribution in [0.3, 0.4) is 0 Å². The number of nitrogens with zero attached hydrogens (tertiary/aromatic N) is 3. The maximum atomic E-state index is 13.5. The van der Waals surface area contributed by atoms with Gasteiger partial charge in [-0.25, -0.2) is 0 Å². The summed E-state index contributed by atoms with van der Waals surface area (Å²) in [4.78, 5) is 13.5. The van der Waals surface area contributed by atoms with E-state index < -0.39 is 6.04 Å². The predicted octanol–water partition coefficient (Wildman–Crippen LogP) is 7.65. The predicted molar refractivity (Wildman–Crippen MR) is 161 cm³/mol. The zero-order valence-corrected chi connectivity index (χ0v) is 24.2. The highest BCUT2D eigenvalue weighted by atomic mass is 79.9. The number of hydrogen-bond acceptors (Lipinski definition) is 4. The second kappa shape index (κ2) is 12.5. The first-order valence-corrected chi connectivity index (χ1v) is 14.6. The summed E-state index contributed by atoms with van der Waals surface area (Å²) in [7, 11) is 0. The van der Waals surface area contributed by atoms with Gasteiger partial charge in [0, 0.05) is 15.9 Å². The van der Waals surface area contributed by atoms with Crippen molar-refractivity contribution in [1.82, 2.24) is 20.1 Å². The molecule has 1 atom stereocenters. The van der Waals surface area contributed by atoms with Gasteiger partial charge in [0.15, 0.2) is 11.0 Å². The van der Waals surface area contributed by atoms with E-state index in [1.165, 1.54) is 16.7 Å². The number of aryl methyl sites for hydroxylation is 2. The Hall–Kier alpha value is -3.68. The van der Waals surface area contributed by atoms with Crippen molar-refractivity contribution in [1.29, 1.82) is 0 Å². The molecule has 0 fully saturated rings. The summed E-state index contributed by atoms with van der Waals surface area (Å²) in [5.74, 6) is 1.28. The maximum Gasteiger partial charge on any atom is 0.253 e. The van der Waals surface area contributed by atoms with E-state index in [0.717, 1.165) is 26.6 Å². The summed E-state index contributed by atoms with van der Waals surface area (Å²) < 4.78 is 2.82. The van der Waals surface area contributed by atoms with Gasteiger partial charge in [-0.05, 0) is 71.6 Å². The molecule has 0 saturated heterocycles. The minimum absolute atomic E-state index is 0.171. The van der Waals surface area contributed by atoms with Crippen LogP contribution < -0.4 is 5.32 Å². The topological polar surface area (TPSA) is 59.8 Å². The zero-order chi connectivity index (χ0) is 27.2. The van der Waals surface area contributed by atoms with Gasteiger partial charge in [0.2, 0.25) is 0 Å². The fourth-order valence-electron chi connectivity index (χ4n) is 4.42. The van der Waals surface area contributed by atoms with Gasteiger partial charge in [-0.15, -0.1) is 10.2 Å². The van der Waals surface area contributed by atoms with Crippen LogP contribution in [0, 0.1) is 13.8 Å². The molecule has 4 aromatic carbocycles. The molecule has 0 radical (unpaired) electrons. The molecule has 0 bridgehead atoms. The monoisotopic (exact) mass is 596 g/mol. The van der Waals surface area contributed by atoms with E-state index in [4.69, 9.17) is 0 Å². The molecule has 1 aromatic heterocycles. The number of benzene rings is 4. The third-order valence-electron chi connectivity index (χ3n) is 6.42. The first kappa shape index (κ1) is 26.9. The molecular formula is C32H29BrN4OS. The number of halogens is 1. The largest absolute Gasteiger partial charge is 0.342 e. The number of carbonyl (C=O) groups is 1. The van der Waals surface area contributed by atoms with E-state index in [-0.39, 0.29) is 5.91 Å². The van der Waals surface area contributed by atoms with Crippen molar-refractivity contribution in [2.24, 2.45) is 0 Å². The second-order valence-electron chi connectivity index (χ2n) is 9.49. The lowest BCUT2D eigenvalue weighted by Gasteiger charge is -2.21. The Bertz CT molecular complexity index is 1570. The lowest BCUT2D eigenvalue weighted by atomic mass is 10.0. The van der Waals surface area contributed by atoms with E-state index >= 15 is 0 Å². The van der Waals surface area contributed by atoms with Crippen molar-refractivity contribution < 1.29 is 4.79 Å². The van der Waals surface area contributed by atoms with E-state index in [1.54, 1.807) is 11.8 Å². The van der Waals surface area contributed by atoms with Crippen molar-refractivity contribution in [3.05, 3.63) is 141 Å². The maximum absolute atomic E-state index is 13.5. The third-order valence-corrected chi connectivity index (χ3v) is 8.11. The Labute approximate surface area is 241 Å². The fraction of sp³-hybridized carbons (Fsp3) is 0.156. The molecule has 0 aliphatic carbocycles. The molecule has 196 valence electrons. The Morgan fingerprint density at radius 1 is 0.846 bits per heavy atom. The van der Waals surface area contributed by atoms with Crippen molar-refractivity contribution in [2.75, 3.05) is 0 Å². The van der Waals surface area contributed by atoms with Crippen LogP contribution >= 0.6 is 27.7 Å². The third kappa shape index (κ3) is 6.67. The summed E-state index contributed by atoms with van der Waals surface area (Å²) in [6.45, 7) is 4.17. The van der Waals surface area contributed by atoms with Crippen molar-refractivity contribution in [3.8, 4) is 5.69 Å².